The van der Waals surface area contributed by atoms with E-state index in [1.165, 1.54) is 17.7 Å². The van der Waals surface area contributed by atoms with Crippen molar-refractivity contribution >= 4 is 5.91 Å². The van der Waals surface area contributed by atoms with Gasteiger partial charge in [0.2, 0.25) is 5.91 Å². The second kappa shape index (κ2) is 6.91. The third-order valence-corrected chi connectivity index (χ3v) is 2.45. The zero-order valence-electron chi connectivity index (χ0n) is 10.6. The van der Waals surface area contributed by atoms with E-state index in [1.54, 1.807) is 7.05 Å². The Morgan fingerprint density at radius 1 is 1.29 bits per heavy atom. The van der Waals surface area contributed by atoms with E-state index in [4.69, 9.17) is 9.57 Å². The molecule has 0 atom stereocenters. The highest BCUT2D eigenvalue weighted by Gasteiger charge is 2.06. The number of aryl methyl sites for hydroxylation is 1. The summed E-state index contributed by atoms with van der Waals surface area (Å²) in [5, 5.41) is 1.23. The smallest absolute Gasteiger partial charge is 0.245 e. The number of hydrogen-bond donors (Lipinski definition) is 0. The van der Waals surface area contributed by atoms with Crippen molar-refractivity contribution in [1.82, 2.24) is 5.06 Å². The van der Waals surface area contributed by atoms with Crippen molar-refractivity contribution in [3.8, 4) is 5.75 Å². The number of amides is 1. The molecule has 4 heteroatoms. The maximum atomic E-state index is 11.4. The molecular weight excluding hydrogens is 218 g/mol. The van der Waals surface area contributed by atoms with Crippen LogP contribution in [-0.4, -0.2) is 31.7 Å². The van der Waals surface area contributed by atoms with Gasteiger partial charge in [0.15, 0.2) is 0 Å². The van der Waals surface area contributed by atoms with Crippen molar-refractivity contribution in [3.63, 3.8) is 0 Å². The molecule has 0 aliphatic carbocycles. The Morgan fingerprint density at radius 3 is 2.53 bits per heavy atom. The Kier molecular flexibility index (Phi) is 5.49. The van der Waals surface area contributed by atoms with Crippen LogP contribution in [0.5, 0.6) is 5.75 Å². The fourth-order valence-electron chi connectivity index (χ4n) is 1.31. The standard InChI is InChI=1S/C13H19NO3/c1-11-6-8-12(9-7-11)17-10-4-5-13(15)14(2)16-3/h6-9H,4-5,10H2,1-3H3. The lowest BCUT2D eigenvalue weighted by atomic mass is 10.2. The van der Waals surface area contributed by atoms with Crippen LogP contribution in [0.4, 0.5) is 0 Å². The molecular formula is C13H19NO3. The molecule has 0 radical (unpaired) electrons. The van der Waals surface area contributed by atoms with Crippen molar-refractivity contribution in [2.24, 2.45) is 0 Å². The van der Waals surface area contributed by atoms with Crippen LogP contribution in [0, 0.1) is 6.92 Å². The van der Waals surface area contributed by atoms with E-state index in [0.29, 0.717) is 19.4 Å². The molecule has 0 unspecified atom stereocenters. The molecule has 1 aromatic rings. The minimum absolute atomic E-state index is 0.0417. The first-order valence-corrected chi connectivity index (χ1v) is 5.63. The molecule has 17 heavy (non-hydrogen) atoms. The average molecular weight is 237 g/mol. The molecule has 1 amide bonds. The van der Waals surface area contributed by atoms with Crippen LogP contribution < -0.4 is 4.74 Å². The highest BCUT2D eigenvalue weighted by molar-refractivity contribution is 5.74. The summed E-state index contributed by atoms with van der Waals surface area (Å²) in [7, 11) is 3.07. The first-order valence-electron chi connectivity index (χ1n) is 5.63. The number of rotatable bonds is 6. The van der Waals surface area contributed by atoms with E-state index < -0.39 is 0 Å². The van der Waals surface area contributed by atoms with E-state index in [2.05, 4.69) is 0 Å². The van der Waals surface area contributed by atoms with Crippen LogP contribution in [0.2, 0.25) is 0 Å². The molecule has 0 aliphatic rings. The van der Waals surface area contributed by atoms with E-state index in [0.717, 1.165) is 5.75 Å². The van der Waals surface area contributed by atoms with Gasteiger partial charge in [-0.3, -0.25) is 9.63 Å². The van der Waals surface area contributed by atoms with Gasteiger partial charge < -0.3 is 4.74 Å². The summed E-state index contributed by atoms with van der Waals surface area (Å²) < 4.78 is 5.51. The highest BCUT2D eigenvalue weighted by Crippen LogP contribution is 2.11. The highest BCUT2D eigenvalue weighted by atomic mass is 16.7. The molecule has 1 rings (SSSR count). The number of ether oxygens (including phenoxy) is 1. The third kappa shape index (κ3) is 4.87. The second-order valence-corrected chi connectivity index (χ2v) is 3.84. The minimum Gasteiger partial charge on any atom is -0.494 e. The summed E-state index contributed by atoms with van der Waals surface area (Å²) >= 11 is 0. The molecule has 0 saturated carbocycles. The Hall–Kier alpha value is -1.55. The third-order valence-electron chi connectivity index (χ3n) is 2.45. The SMILES string of the molecule is CON(C)C(=O)CCCOc1ccc(C)cc1. The summed E-state index contributed by atoms with van der Waals surface area (Å²) in [6, 6.07) is 7.86. The van der Waals surface area contributed by atoms with Gasteiger partial charge in [-0.05, 0) is 25.5 Å². The van der Waals surface area contributed by atoms with Gasteiger partial charge in [0, 0.05) is 13.5 Å². The van der Waals surface area contributed by atoms with Crippen molar-refractivity contribution in [2.45, 2.75) is 19.8 Å². The number of benzene rings is 1. The molecule has 0 aliphatic heterocycles. The van der Waals surface area contributed by atoms with Gasteiger partial charge >= 0.3 is 0 Å². The molecule has 94 valence electrons. The van der Waals surface area contributed by atoms with Gasteiger partial charge in [-0.2, -0.15) is 0 Å². The molecule has 4 nitrogen and oxygen atoms in total. The predicted octanol–water partition coefficient (Wildman–Crippen LogP) is 2.17. The lowest BCUT2D eigenvalue weighted by Gasteiger charge is -2.13. The van der Waals surface area contributed by atoms with Gasteiger partial charge in [0.1, 0.15) is 5.75 Å². The fourth-order valence-corrected chi connectivity index (χ4v) is 1.31. The van der Waals surface area contributed by atoms with Gasteiger partial charge in [0.25, 0.3) is 0 Å². The maximum absolute atomic E-state index is 11.4. The van der Waals surface area contributed by atoms with Crippen molar-refractivity contribution in [3.05, 3.63) is 29.8 Å². The monoisotopic (exact) mass is 237 g/mol. The quantitative estimate of drug-likeness (QED) is 0.562. The van der Waals surface area contributed by atoms with Gasteiger partial charge in [-0.1, -0.05) is 17.7 Å². The Morgan fingerprint density at radius 2 is 1.94 bits per heavy atom. The first kappa shape index (κ1) is 13.5. The molecule has 0 heterocycles. The molecule has 0 saturated heterocycles. The Balaban J connectivity index is 2.20. The zero-order valence-corrected chi connectivity index (χ0v) is 10.6. The van der Waals surface area contributed by atoms with Crippen molar-refractivity contribution < 1.29 is 14.4 Å². The molecule has 0 aromatic heterocycles. The van der Waals surface area contributed by atoms with Crippen LogP contribution in [-0.2, 0) is 9.63 Å². The van der Waals surface area contributed by atoms with Crippen LogP contribution >= 0.6 is 0 Å². The average Bonchev–Trinajstić information content (AvgIpc) is 2.35. The van der Waals surface area contributed by atoms with Crippen LogP contribution in [0.3, 0.4) is 0 Å². The van der Waals surface area contributed by atoms with Crippen LogP contribution in [0.1, 0.15) is 18.4 Å². The van der Waals surface area contributed by atoms with Crippen molar-refractivity contribution in [2.75, 3.05) is 20.8 Å². The van der Waals surface area contributed by atoms with Crippen molar-refractivity contribution in [1.29, 1.82) is 0 Å². The van der Waals surface area contributed by atoms with Gasteiger partial charge in [-0.15, -0.1) is 0 Å². The largest absolute Gasteiger partial charge is 0.494 e. The summed E-state index contributed by atoms with van der Waals surface area (Å²) in [6.07, 6.45) is 1.11. The summed E-state index contributed by atoms with van der Waals surface area (Å²) in [5.41, 5.74) is 1.20. The Bertz CT molecular complexity index is 348. The number of carbonyl (C=O) groups excluding carboxylic acids is 1. The summed E-state index contributed by atoms with van der Waals surface area (Å²) in [6.45, 7) is 2.56. The number of hydrogen-bond acceptors (Lipinski definition) is 3. The maximum Gasteiger partial charge on any atom is 0.245 e. The molecule has 0 fully saturated rings. The lowest BCUT2D eigenvalue weighted by Crippen LogP contribution is -2.25. The van der Waals surface area contributed by atoms with E-state index in [9.17, 15) is 4.79 Å². The fraction of sp³-hybridized carbons (Fsp3) is 0.462. The molecule has 0 N–H and O–H groups in total. The normalized spacial score (nSPS) is 10.1. The topological polar surface area (TPSA) is 38.8 Å². The molecule has 0 spiro atoms. The molecule has 0 bridgehead atoms. The van der Waals surface area contributed by atoms with Crippen LogP contribution in [0.15, 0.2) is 24.3 Å². The minimum atomic E-state index is -0.0417. The lowest BCUT2D eigenvalue weighted by molar-refractivity contribution is -0.168. The molecule has 1 aromatic carbocycles. The zero-order chi connectivity index (χ0) is 12.7. The number of hydroxylamine groups is 2. The predicted molar refractivity (Wildman–Crippen MR) is 65.7 cm³/mol. The number of nitrogens with zero attached hydrogens (tertiary/aromatic N) is 1. The summed E-state index contributed by atoms with van der Waals surface area (Å²) in [5.74, 6) is 0.795. The van der Waals surface area contributed by atoms with Gasteiger partial charge in [-0.25, -0.2) is 5.06 Å². The Labute approximate surface area is 102 Å². The van der Waals surface area contributed by atoms with E-state index >= 15 is 0 Å². The number of carbonyl (C=O) groups is 1. The van der Waals surface area contributed by atoms with Crippen LogP contribution in [0.25, 0.3) is 0 Å². The summed E-state index contributed by atoms with van der Waals surface area (Å²) in [4.78, 5) is 16.2. The first-order chi connectivity index (χ1) is 8.13. The van der Waals surface area contributed by atoms with Gasteiger partial charge in [0.05, 0.1) is 13.7 Å². The second-order valence-electron chi connectivity index (χ2n) is 3.84. The van der Waals surface area contributed by atoms with E-state index in [1.807, 2.05) is 31.2 Å². The van der Waals surface area contributed by atoms with E-state index in [-0.39, 0.29) is 5.91 Å².